The average molecular weight is 516 g/mol. The number of benzene rings is 3. The van der Waals surface area contributed by atoms with E-state index in [1.54, 1.807) is 13.2 Å². The first kappa shape index (κ1) is 24.6. The third-order valence-corrected chi connectivity index (χ3v) is 7.97. The van der Waals surface area contributed by atoms with Crippen LogP contribution < -0.4 is 20.1 Å². The average Bonchev–Trinajstić information content (AvgIpc) is 3.72. The summed E-state index contributed by atoms with van der Waals surface area (Å²) in [6.07, 6.45) is 3.96. The van der Waals surface area contributed by atoms with Gasteiger partial charge in [-0.1, -0.05) is 36.4 Å². The zero-order chi connectivity index (χ0) is 26.2. The van der Waals surface area contributed by atoms with Gasteiger partial charge in [0.2, 0.25) is 0 Å². The van der Waals surface area contributed by atoms with Gasteiger partial charge in [-0.25, -0.2) is 9.18 Å². The monoisotopic (exact) mass is 515 g/mol. The van der Waals surface area contributed by atoms with Gasteiger partial charge in [0.15, 0.2) is 0 Å². The van der Waals surface area contributed by atoms with E-state index in [0.29, 0.717) is 37.0 Å². The number of piperidine rings is 1. The minimum atomic E-state index is -0.190. The molecule has 0 bridgehead atoms. The van der Waals surface area contributed by atoms with Crippen molar-refractivity contribution < 1.29 is 13.9 Å². The first-order valence-electron chi connectivity index (χ1n) is 13.5. The normalized spacial score (nSPS) is 16.2. The van der Waals surface area contributed by atoms with Crippen molar-refractivity contribution >= 4 is 16.7 Å². The van der Waals surface area contributed by atoms with E-state index in [1.807, 2.05) is 64.6 Å². The Kier molecular flexibility index (Phi) is 6.60. The maximum atomic E-state index is 14.6. The number of fused-ring (bicyclic) bond motifs is 1. The molecule has 1 aromatic heterocycles. The molecular formula is C31H34FN3O3. The molecule has 7 heteroatoms. The lowest BCUT2D eigenvalue weighted by molar-refractivity contribution is 0.296. The quantitative estimate of drug-likeness (QED) is 0.292. The molecule has 2 aliphatic rings. The number of halogens is 1. The van der Waals surface area contributed by atoms with Crippen molar-refractivity contribution in [3.63, 3.8) is 0 Å². The summed E-state index contributed by atoms with van der Waals surface area (Å²) in [6.45, 7) is 4.44. The number of rotatable bonds is 8. The number of ether oxygens (including phenoxy) is 2. The van der Waals surface area contributed by atoms with Crippen LogP contribution in [0.1, 0.15) is 42.9 Å². The van der Waals surface area contributed by atoms with E-state index < -0.39 is 0 Å². The summed E-state index contributed by atoms with van der Waals surface area (Å²) in [6, 6.07) is 19.0. The van der Waals surface area contributed by atoms with Crippen molar-refractivity contribution in [1.29, 1.82) is 0 Å². The lowest BCUT2D eigenvalue weighted by Crippen LogP contribution is -2.38. The lowest BCUT2D eigenvalue weighted by atomic mass is 10.0. The van der Waals surface area contributed by atoms with Gasteiger partial charge in [0, 0.05) is 24.7 Å². The summed E-state index contributed by atoms with van der Waals surface area (Å²) in [5.74, 6) is 1.96. The van der Waals surface area contributed by atoms with Crippen LogP contribution in [-0.2, 0) is 6.54 Å². The molecule has 2 fully saturated rings. The summed E-state index contributed by atoms with van der Waals surface area (Å²) >= 11 is 0. The SMILES string of the molecule is COc1cccc2c1n(Cc1ccccc1OCC1CC1)c(=O)n2C1CCN(c2c(C)cccc2F)CC1. The topological polar surface area (TPSA) is 48.6 Å². The van der Waals surface area contributed by atoms with E-state index in [4.69, 9.17) is 9.47 Å². The zero-order valence-corrected chi connectivity index (χ0v) is 22.0. The van der Waals surface area contributed by atoms with Gasteiger partial charge >= 0.3 is 5.69 Å². The van der Waals surface area contributed by atoms with Crippen LogP contribution in [0.3, 0.4) is 0 Å². The van der Waals surface area contributed by atoms with E-state index >= 15 is 0 Å². The molecule has 6 rings (SSSR count). The Labute approximate surface area is 222 Å². The van der Waals surface area contributed by atoms with Crippen LogP contribution in [0.25, 0.3) is 11.0 Å². The minimum Gasteiger partial charge on any atom is -0.494 e. The summed E-state index contributed by atoms with van der Waals surface area (Å²) in [5, 5.41) is 0. The number of imidazole rings is 1. The smallest absolute Gasteiger partial charge is 0.329 e. The Bertz CT molecular complexity index is 1490. The Morgan fingerprint density at radius 1 is 0.921 bits per heavy atom. The van der Waals surface area contributed by atoms with Crippen molar-refractivity contribution in [2.24, 2.45) is 5.92 Å². The molecule has 2 heterocycles. The van der Waals surface area contributed by atoms with E-state index in [1.165, 1.54) is 18.9 Å². The number of nitrogens with zero attached hydrogens (tertiary/aromatic N) is 3. The molecule has 0 amide bonds. The first-order valence-corrected chi connectivity index (χ1v) is 13.5. The first-order chi connectivity index (χ1) is 18.5. The second-order valence-electron chi connectivity index (χ2n) is 10.6. The number of anilines is 1. The highest BCUT2D eigenvalue weighted by Crippen LogP contribution is 2.35. The van der Waals surface area contributed by atoms with Crippen LogP contribution in [-0.4, -0.2) is 35.9 Å². The molecule has 0 radical (unpaired) electrons. The molecule has 1 saturated carbocycles. The number of para-hydroxylation sites is 3. The molecule has 0 unspecified atom stereocenters. The Balaban J connectivity index is 1.34. The van der Waals surface area contributed by atoms with Crippen molar-refractivity contribution in [2.45, 2.75) is 45.2 Å². The highest BCUT2D eigenvalue weighted by molar-refractivity contribution is 5.83. The highest BCUT2D eigenvalue weighted by atomic mass is 19.1. The van der Waals surface area contributed by atoms with Gasteiger partial charge in [0.05, 0.1) is 31.5 Å². The van der Waals surface area contributed by atoms with E-state index in [0.717, 1.165) is 47.4 Å². The number of hydrogen-bond acceptors (Lipinski definition) is 4. The molecule has 198 valence electrons. The molecule has 0 N–H and O–H groups in total. The van der Waals surface area contributed by atoms with Gasteiger partial charge in [-0.05, 0) is 68.4 Å². The van der Waals surface area contributed by atoms with Crippen LogP contribution in [0.5, 0.6) is 11.5 Å². The molecule has 0 spiro atoms. The van der Waals surface area contributed by atoms with Crippen LogP contribution in [0.15, 0.2) is 65.5 Å². The van der Waals surface area contributed by atoms with Gasteiger partial charge in [0.1, 0.15) is 22.8 Å². The van der Waals surface area contributed by atoms with Crippen LogP contribution in [0.4, 0.5) is 10.1 Å². The van der Waals surface area contributed by atoms with Crippen LogP contribution in [0.2, 0.25) is 0 Å². The molecule has 38 heavy (non-hydrogen) atoms. The largest absolute Gasteiger partial charge is 0.494 e. The minimum absolute atomic E-state index is 0.0167. The molecule has 1 saturated heterocycles. The van der Waals surface area contributed by atoms with E-state index in [9.17, 15) is 9.18 Å². The van der Waals surface area contributed by atoms with Gasteiger partial charge < -0.3 is 14.4 Å². The number of methoxy groups -OCH3 is 1. The second-order valence-corrected chi connectivity index (χ2v) is 10.6. The molecule has 0 atom stereocenters. The van der Waals surface area contributed by atoms with Crippen molar-refractivity contribution in [2.75, 3.05) is 31.7 Å². The van der Waals surface area contributed by atoms with Gasteiger partial charge in [-0.15, -0.1) is 0 Å². The van der Waals surface area contributed by atoms with Crippen molar-refractivity contribution in [3.8, 4) is 11.5 Å². The molecule has 1 aliphatic carbocycles. The highest BCUT2D eigenvalue weighted by Gasteiger charge is 2.28. The third kappa shape index (κ3) is 4.55. The number of aromatic nitrogens is 2. The maximum Gasteiger partial charge on any atom is 0.329 e. The van der Waals surface area contributed by atoms with E-state index in [-0.39, 0.29) is 17.5 Å². The molecule has 1 aliphatic heterocycles. The van der Waals surface area contributed by atoms with Crippen LogP contribution in [0, 0.1) is 18.7 Å². The predicted octanol–water partition coefficient (Wildman–Crippen LogP) is 5.94. The number of hydrogen-bond donors (Lipinski definition) is 0. The van der Waals surface area contributed by atoms with Gasteiger partial charge in [-0.3, -0.25) is 9.13 Å². The van der Waals surface area contributed by atoms with E-state index in [2.05, 4.69) is 4.90 Å². The summed E-state index contributed by atoms with van der Waals surface area (Å²) in [7, 11) is 1.64. The summed E-state index contributed by atoms with van der Waals surface area (Å²) in [4.78, 5) is 16.2. The van der Waals surface area contributed by atoms with Crippen LogP contribution >= 0.6 is 0 Å². The maximum absolute atomic E-state index is 14.6. The summed E-state index contributed by atoms with van der Waals surface area (Å²) < 4.78 is 30.3. The number of aryl methyl sites for hydroxylation is 1. The fraction of sp³-hybridized carbons (Fsp3) is 0.387. The lowest BCUT2D eigenvalue weighted by Gasteiger charge is -2.35. The predicted molar refractivity (Wildman–Crippen MR) is 148 cm³/mol. The Morgan fingerprint density at radius 2 is 1.66 bits per heavy atom. The molecular weight excluding hydrogens is 481 g/mol. The zero-order valence-electron chi connectivity index (χ0n) is 22.0. The fourth-order valence-corrected chi connectivity index (χ4v) is 5.78. The Morgan fingerprint density at radius 3 is 2.39 bits per heavy atom. The third-order valence-electron chi connectivity index (χ3n) is 7.97. The molecule has 4 aromatic rings. The summed E-state index contributed by atoms with van der Waals surface area (Å²) in [5.41, 5.74) is 4.19. The van der Waals surface area contributed by atoms with Gasteiger partial charge in [0.25, 0.3) is 0 Å². The van der Waals surface area contributed by atoms with Crippen molar-refractivity contribution in [3.05, 3.63) is 88.1 Å². The molecule has 6 nitrogen and oxygen atoms in total. The molecule has 3 aromatic carbocycles. The van der Waals surface area contributed by atoms with Gasteiger partial charge in [-0.2, -0.15) is 0 Å². The van der Waals surface area contributed by atoms with Crippen molar-refractivity contribution in [1.82, 2.24) is 9.13 Å². The fourth-order valence-electron chi connectivity index (χ4n) is 5.78. The standard InChI is InChI=1S/C31H34FN3O3/c1-21-7-5-9-25(32)29(21)33-17-15-24(16-18-33)35-26-10-6-12-28(37-2)30(26)34(31(35)36)19-23-8-3-4-11-27(23)38-20-22-13-14-22/h3-12,22,24H,13-20H2,1-2H3. The Hall–Kier alpha value is -3.74. The second kappa shape index (κ2) is 10.2.